The number of ether oxygens (including phenoxy) is 4. The zero-order valence-corrected chi connectivity index (χ0v) is 60.0. The highest BCUT2D eigenvalue weighted by atomic mass is 32.1. The number of nitrogens with zero attached hydrogens (tertiary/aromatic N) is 5. The van der Waals surface area contributed by atoms with E-state index in [1.54, 1.807) is 6.20 Å². The number of nitrogens with two attached hydrogens (primary N) is 4. The molecule has 0 atom stereocenters. The van der Waals surface area contributed by atoms with Gasteiger partial charge >= 0.3 is 0 Å². The molecule has 20 heteroatoms. The van der Waals surface area contributed by atoms with Gasteiger partial charge in [-0.15, -0.1) is 22.7 Å². The zero-order valence-electron chi connectivity index (χ0n) is 58.3. The van der Waals surface area contributed by atoms with Crippen molar-refractivity contribution in [1.29, 1.82) is 0 Å². The molecule has 4 aliphatic carbocycles. The molecule has 0 unspecified atom stereocenters. The van der Waals surface area contributed by atoms with E-state index < -0.39 is 23.6 Å². The van der Waals surface area contributed by atoms with E-state index in [9.17, 15) is 19.2 Å². The molecular formula is C85H100N10O8S2. The van der Waals surface area contributed by atoms with Crippen molar-refractivity contribution < 1.29 is 49.5 Å². The number of aromatic nitrogens is 6. The topological polar surface area (TPSA) is 282 Å². The fourth-order valence-electron chi connectivity index (χ4n) is 13.8. The lowest BCUT2D eigenvalue weighted by molar-refractivity contribution is 0.0989. The van der Waals surface area contributed by atoms with Crippen LogP contribution in [0, 0.1) is 0 Å². The quantitative estimate of drug-likeness (QED) is 0.0476. The molecule has 4 heterocycles. The molecule has 9 N–H and O–H groups in total. The fourth-order valence-corrected chi connectivity index (χ4v) is 16.0. The van der Waals surface area contributed by atoms with Crippen molar-refractivity contribution in [3.05, 3.63) is 261 Å². The number of amides is 4. The van der Waals surface area contributed by atoms with Gasteiger partial charge in [0, 0.05) is 57.6 Å². The number of benzene rings is 8. The van der Waals surface area contributed by atoms with Crippen molar-refractivity contribution in [2.75, 3.05) is 0 Å². The predicted octanol–water partition coefficient (Wildman–Crippen LogP) is 22.3. The summed E-state index contributed by atoms with van der Waals surface area (Å²) in [5.74, 6) is 6.51. The van der Waals surface area contributed by atoms with E-state index in [1.165, 1.54) is 80.5 Å². The minimum atomic E-state index is -0.485. The number of thiazole rings is 2. The summed E-state index contributed by atoms with van der Waals surface area (Å²) in [6, 6.07) is 69.3. The second-order valence-electron chi connectivity index (χ2n) is 26.6. The highest BCUT2D eigenvalue weighted by Gasteiger charge is 2.29. The molecule has 105 heavy (non-hydrogen) atoms. The average molecular weight is 1450 g/mol. The molecule has 18 nitrogen and oxygen atoms in total. The SMILES string of the molecule is NC(=O)c1[nH]c(C2CCCC2)nc1-c1ccc(Oc2ccccc2)cc1.NC(=O)c1cn(C2CCCC2)nc1-c1ccc(Oc2ccccc2)cc1.NC(=O)c1sc(C2CCCC2)nc1-c1ccc(Oc2ccccc2)cc1.NC(=O)c1sc(C2CCCCC2)nc1-c1ccc(Oc2ccccc2)cc1.[HH].[HH].[HH].[HH].[HH].[HH].[HH].[HH]. The van der Waals surface area contributed by atoms with Crippen LogP contribution in [-0.4, -0.2) is 53.3 Å². The Morgan fingerprint density at radius 3 is 1.01 bits per heavy atom. The van der Waals surface area contributed by atoms with Gasteiger partial charge in [-0.3, -0.25) is 23.9 Å². The maximum absolute atomic E-state index is 12.0. The van der Waals surface area contributed by atoms with Crippen LogP contribution in [0.4, 0.5) is 0 Å². The maximum Gasteiger partial charge on any atom is 0.267 e. The summed E-state index contributed by atoms with van der Waals surface area (Å²) in [6.45, 7) is 0. The van der Waals surface area contributed by atoms with Gasteiger partial charge in [0.25, 0.3) is 23.6 Å². The number of H-pyrrole nitrogens is 1. The number of rotatable bonds is 20. The van der Waals surface area contributed by atoms with Crippen molar-refractivity contribution in [3.63, 3.8) is 0 Å². The molecule has 0 bridgehead atoms. The van der Waals surface area contributed by atoms with E-state index in [-0.39, 0.29) is 11.4 Å². The summed E-state index contributed by atoms with van der Waals surface area (Å²) in [6.07, 6.45) is 21.8. The van der Waals surface area contributed by atoms with E-state index in [2.05, 4.69) is 10.1 Å². The first-order valence-corrected chi connectivity index (χ1v) is 37.7. The number of carbonyl (C=O) groups is 4. The summed E-state index contributed by atoms with van der Waals surface area (Å²) in [4.78, 5) is 66.1. The molecule has 0 aliphatic heterocycles. The van der Waals surface area contributed by atoms with Gasteiger partial charge in [-0.25, -0.2) is 15.0 Å². The van der Waals surface area contributed by atoms with Gasteiger partial charge in [0.1, 0.15) is 78.7 Å². The Balaban J connectivity index is 0.000000263. The summed E-state index contributed by atoms with van der Waals surface area (Å²) < 4.78 is 25.2. The number of carbonyl (C=O) groups excluding carboxylic acids is 4. The lowest BCUT2D eigenvalue weighted by atomic mass is 9.90. The summed E-state index contributed by atoms with van der Waals surface area (Å²) in [5, 5.41) is 6.75. The van der Waals surface area contributed by atoms with Crippen LogP contribution in [-0.2, 0) is 0 Å². The van der Waals surface area contributed by atoms with Gasteiger partial charge in [0.2, 0.25) is 0 Å². The van der Waals surface area contributed by atoms with Crippen LogP contribution in [0.25, 0.3) is 45.0 Å². The number of hydrogen-bond acceptors (Lipinski definition) is 14. The van der Waals surface area contributed by atoms with E-state index >= 15 is 0 Å². The molecule has 4 saturated carbocycles. The standard InChI is InChI=1S/C22H22N2O2S.2C21H21N3O2.C21H20N2O2S.8H2/c23-21(25)20-19(24-22(27-20)16-7-3-1-4-8-16)15-11-13-18(14-12-15)26-17-9-5-2-6-10-17;22-21(25)19-14-24(16-6-4-5-7-16)23-20(19)15-10-12-18(13-11-15)26-17-8-2-1-3-9-17;22-20(25)19-18(23-21(24-19)15-6-4-5-7-15)14-10-12-17(13-11-14)26-16-8-2-1-3-9-16;22-20(24)19-18(23-21(26-19)15-6-4-5-7-15)14-10-12-17(13-11-14)25-16-8-2-1-3-9-16;;;;;;;;/h2,5-6,9-14,16H,1,3-4,7-8H2,(H2,23,25);1-3,8-14,16H,4-7H2,(H2,22,25);1-3,8-13,15H,4-7H2,(H2,22,25)(H,23,24);1-3,8-13,15H,4-7H2,(H2,22,24);8*1H. The Hall–Kier alpha value is -11.5. The summed E-state index contributed by atoms with van der Waals surface area (Å²) in [5.41, 5.74) is 29.3. The Labute approximate surface area is 630 Å². The molecule has 4 amide bonds. The monoisotopic (exact) mass is 1450 g/mol. The molecule has 4 fully saturated rings. The van der Waals surface area contributed by atoms with Gasteiger partial charge in [-0.2, -0.15) is 5.10 Å². The largest absolute Gasteiger partial charge is 0.457 e. The smallest absolute Gasteiger partial charge is 0.267 e. The Bertz CT molecular complexity index is 4510. The van der Waals surface area contributed by atoms with Crippen LogP contribution in [0.3, 0.4) is 0 Å². The van der Waals surface area contributed by atoms with Gasteiger partial charge < -0.3 is 46.9 Å². The van der Waals surface area contributed by atoms with Crippen LogP contribution in [0.2, 0.25) is 0 Å². The van der Waals surface area contributed by atoms with Crippen molar-refractivity contribution in [2.24, 2.45) is 22.9 Å². The van der Waals surface area contributed by atoms with Gasteiger partial charge in [-0.1, -0.05) is 131 Å². The van der Waals surface area contributed by atoms with Crippen molar-refractivity contribution in [3.8, 4) is 91.0 Å². The molecule has 12 aromatic rings. The first-order valence-electron chi connectivity index (χ1n) is 36.1. The number of hydrogen-bond donors (Lipinski definition) is 5. The second kappa shape index (κ2) is 34.7. The molecule has 0 radical (unpaired) electrons. The molecule has 0 saturated heterocycles. The third kappa shape index (κ3) is 18.7. The van der Waals surface area contributed by atoms with Crippen LogP contribution >= 0.6 is 22.7 Å². The summed E-state index contributed by atoms with van der Waals surface area (Å²) in [7, 11) is 0. The Kier molecular flexibility index (Phi) is 23.7. The number of primary amides is 4. The van der Waals surface area contributed by atoms with Gasteiger partial charge in [0.15, 0.2) is 0 Å². The van der Waals surface area contributed by atoms with Crippen molar-refractivity contribution in [1.82, 2.24) is 29.7 Å². The van der Waals surface area contributed by atoms with E-state index in [1.807, 2.05) is 223 Å². The highest BCUT2D eigenvalue weighted by molar-refractivity contribution is 7.14. The Morgan fingerprint density at radius 1 is 0.352 bits per heavy atom. The maximum atomic E-state index is 12.0. The molecule has 16 rings (SSSR count). The van der Waals surface area contributed by atoms with Crippen molar-refractivity contribution >= 4 is 46.3 Å². The molecular weight excluding hydrogens is 1350 g/mol. The molecule has 8 aromatic carbocycles. The van der Waals surface area contributed by atoms with Gasteiger partial charge in [0.05, 0.1) is 33.0 Å². The predicted molar refractivity (Wildman–Crippen MR) is 430 cm³/mol. The van der Waals surface area contributed by atoms with Crippen LogP contribution in [0.1, 0.15) is 200 Å². The number of nitrogens with one attached hydrogen (secondary N) is 1. The lowest BCUT2D eigenvalue weighted by Crippen LogP contribution is -2.13. The average Bonchev–Trinajstić information content (AvgIpc) is 1.68. The number of imidazole rings is 1. The van der Waals surface area contributed by atoms with Crippen LogP contribution < -0.4 is 41.9 Å². The van der Waals surface area contributed by atoms with Gasteiger partial charge in [-0.05, 0) is 197 Å². The molecule has 550 valence electrons. The third-order valence-electron chi connectivity index (χ3n) is 19.2. The van der Waals surface area contributed by atoms with E-state index in [0.29, 0.717) is 67.6 Å². The zero-order chi connectivity index (χ0) is 72.4. The van der Waals surface area contributed by atoms with Crippen molar-refractivity contribution in [2.45, 2.75) is 133 Å². The van der Waals surface area contributed by atoms with Crippen LogP contribution in [0.5, 0.6) is 46.0 Å². The second-order valence-corrected chi connectivity index (χ2v) is 28.7. The minimum absolute atomic E-state index is 0. The first-order chi connectivity index (χ1) is 51.3. The fraction of sp³-hybridized carbons (Fsp3) is 0.247. The normalized spacial score (nSPS) is 14.6. The molecule has 4 aromatic heterocycles. The van der Waals surface area contributed by atoms with Crippen LogP contribution in [0.15, 0.2) is 225 Å². The van der Waals surface area contributed by atoms with E-state index in [0.717, 1.165) is 135 Å². The van der Waals surface area contributed by atoms with E-state index in [4.69, 9.17) is 56.8 Å². The first kappa shape index (κ1) is 71.9. The lowest BCUT2D eigenvalue weighted by Gasteiger charge is -2.18. The Morgan fingerprint density at radius 2 is 0.667 bits per heavy atom. The number of aromatic amines is 1. The highest BCUT2D eigenvalue weighted by Crippen LogP contribution is 2.43. The minimum Gasteiger partial charge on any atom is -0.457 e. The summed E-state index contributed by atoms with van der Waals surface area (Å²) >= 11 is 2.91. The third-order valence-corrected chi connectivity index (χ3v) is 21.7. The molecule has 0 spiro atoms. The molecule has 4 aliphatic rings. The number of para-hydroxylation sites is 4.